The quantitative estimate of drug-likeness (QED) is 0.705. The van der Waals surface area contributed by atoms with Crippen LogP contribution in [0.5, 0.6) is 5.75 Å². The first-order valence-electron chi connectivity index (χ1n) is 7.73. The molecule has 0 aliphatic heterocycles. The largest absolute Gasteiger partial charge is 0.497 e. The molecule has 0 unspecified atom stereocenters. The summed E-state index contributed by atoms with van der Waals surface area (Å²) in [6, 6.07) is 17.1. The third-order valence-corrected chi connectivity index (χ3v) is 3.90. The van der Waals surface area contributed by atoms with E-state index >= 15 is 0 Å². The van der Waals surface area contributed by atoms with Crippen molar-refractivity contribution in [2.24, 2.45) is 0 Å². The van der Waals surface area contributed by atoms with Gasteiger partial charge in [0.25, 0.3) is 0 Å². The van der Waals surface area contributed by atoms with Gasteiger partial charge in [-0.25, -0.2) is 0 Å². The van der Waals surface area contributed by atoms with Crippen molar-refractivity contribution < 1.29 is 9.15 Å². The Kier molecular flexibility index (Phi) is 5.22. The number of methoxy groups -OCH3 is 1. The van der Waals surface area contributed by atoms with Gasteiger partial charge < -0.3 is 14.5 Å². The predicted octanol–water partition coefficient (Wildman–Crippen LogP) is 4.53. The number of anilines is 1. The van der Waals surface area contributed by atoms with Crippen LogP contribution in [-0.4, -0.2) is 18.6 Å². The topological polar surface area (TPSA) is 71.1 Å². The highest BCUT2D eigenvalue weighted by molar-refractivity contribution is 6.30. The smallest absolute Gasteiger partial charge is 0.232 e. The number of ether oxygens (including phenoxy) is 1. The maximum Gasteiger partial charge on any atom is 0.232 e. The molecule has 0 spiro atoms. The van der Waals surface area contributed by atoms with Gasteiger partial charge in [-0.15, -0.1) is 0 Å². The summed E-state index contributed by atoms with van der Waals surface area (Å²) in [5.74, 6) is 1.56. The molecule has 126 valence electrons. The van der Waals surface area contributed by atoms with Crippen molar-refractivity contribution in [3.63, 3.8) is 0 Å². The number of hydrogen-bond acceptors (Lipinski definition) is 5. The summed E-state index contributed by atoms with van der Waals surface area (Å²) in [5.41, 5.74) is 2.11. The Morgan fingerprint density at radius 1 is 1.24 bits per heavy atom. The fraction of sp³-hybridized carbons (Fsp3) is 0.158. The second-order valence-corrected chi connectivity index (χ2v) is 5.78. The molecule has 0 radical (unpaired) electrons. The summed E-state index contributed by atoms with van der Waals surface area (Å²) >= 11 is 5.99. The van der Waals surface area contributed by atoms with Gasteiger partial charge in [0.2, 0.25) is 17.5 Å². The van der Waals surface area contributed by atoms with Gasteiger partial charge in [-0.05, 0) is 42.3 Å². The van der Waals surface area contributed by atoms with Gasteiger partial charge in [0.1, 0.15) is 11.8 Å². The molecule has 3 aromatic rings. The van der Waals surface area contributed by atoms with E-state index in [1.807, 2.05) is 42.5 Å². The lowest BCUT2D eigenvalue weighted by atomic mass is 10.1. The van der Waals surface area contributed by atoms with E-state index in [-0.39, 0.29) is 5.69 Å². The fourth-order valence-electron chi connectivity index (χ4n) is 2.37. The minimum Gasteiger partial charge on any atom is -0.497 e. The van der Waals surface area contributed by atoms with Gasteiger partial charge in [-0.1, -0.05) is 29.8 Å². The SMILES string of the molecule is COc1ccc(CCNc2oc(-c3cccc(Cl)c3)nc2C#N)cc1. The Morgan fingerprint density at radius 2 is 2.04 bits per heavy atom. The first kappa shape index (κ1) is 16.9. The van der Waals surface area contributed by atoms with Crippen LogP contribution >= 0.6 is 11.6 Å². The standard InChI is InChI=1S/C19H16ClN3O2/c1-24-16-7-5-13(6-8-16)9-10-22-19-17(12-21)23-18(25-19)14-3-2-4-15(20)11-14/h2-8,11,22H,9-10H2,1H3. The summed E-state index contributed by atoms with van der Waals surface area (Å²) in [6.07, 6.45) is 0.780. The molecule has 0 saturated carbocycles. The maximum atomic E-state index is 9.25. The number of aromatic nitrogens is 1. The minimum atomic E-state index is 0.227. The van der Waals surface area contributed by atoms with E-state index in [1.54, 1.807) is 19.2 Å². The van der Waals surface area contributed by atoms with E-state index in [4.69, 9.17) is 20.8 Å². The van der Waals surface area contributed by atoms with Crippen LogP contribution in [-0.2, 0) is 6.42 Å². The zero-order chi connectivity index (χ0) is 17.6. The third-order valence-electron chi connectivity index (χ3n) is 3.66. The van der Waals surface area contributed by atoms with Crippen molar-refractivity contribution in [3.8, 4) is 23.3 Å². The Labute approximate surface area is 150 Å². The molecule has 0 fully saturated rings. The lowest BCUT2D eigenvalue weighted by Gasteiger charge is -2.05. The van der Waals surface area contributed by atoms with Crippen LogP contribution in [0.3, 0.4) is 0 Å². The highest BCUT2D eigenvalue weighted by atomic mass is 35.5. The van der Waals surface area contributed by atoms with E-state index in [0.717, 1.165) is 23.3 Å². The van der Waals surface area contributed by atoms with Gasteiger partial charge in [0, 0.05) is 17.1 Å². The van der Waals surface area contributed by atoms with Crippen molar-refractivity contribution in [2.45, 2.75) is 6.42 Å². The van der Waals surface area contributed by atoms with E-state index in [2.05, 4.69) is 10.3 Å². The zero-order valence-corrected chi connectivity index (χ0v) is 14.4. The van der Waals surface area contributed by atoms with Gasteiger partial charge in [-0.2, -0.15) is 10.2 Å². The summed E-state index contributed by atoms with van der Waals surface area (Å²) in [6.45, 7) is 0.616. The lowest BCUT2D eigenvalue weighted by Crippen LogP contribution is -2.05. The van der Waals surface area contributed by atoms with Crippen molar-refractivity contribution in [2.75, 3.05) is 19.0 Å². The van der Waals surface area contributed by atoms with Crippen molar-refractivity contribution in [3.05, 3.63) is 64.8 Å². The average molecular weight is 354 g/mol. The normalized spacial score (nSPS) is 10.3. The van der Waals surface area contributed by atoms with Crippen molar-refractivity contribution in [1.29, 1.82) is 5.26 Å². The first-order chi connectivity index (χ1) is 12.2. The molecular weight excluding hydrogens is 338 g/mol. The summed E-state index contributed by atoms with van der Waals surface area (Å²) < 4.78 is 10.8. The van der Waals surface area contributed by atoms with Crippen LogP contribution < -0.4 is 10.1 Å². The van der Waals surface area contributed by atoms with Crippen LogP contribution in [0.4, 0.5) is 5.88 Å². The predicted molar refractivity (Wildman–Crippen MR) is 96.9 cm³/mol. The summed E-state index contributed by atoms with van der Waals surface area (Å²) in [4.78, 5) is 4.22. The number of rotatable bonds is 6. The molecule has 2 aromatic carbocycles. The van der Waals surface area contributed by atoms with E-state index in [9.17, 15) is 5.26 Å². The van der Waals surface area contributed by atoms with Crippen LogP contribution in [0.15, 0.2) is 52.9 Å². The van der Waals surface area contributed by atoms with Crippen LogP contribution in [0.1, 0.15) is 11.3 Å². The van der Waals surface area contributed by atoms with Crippen LogP contribution in [0.25, 0.3) is 11.5 Å². The van der Waals surface area contributed by atoms with E-state index in [0.29, 0.717) is 23.3 Å². The molecule has 0 atom stereocenters. The number of nitrogens with one attached hydrogen (secondary N) is 1. The molecule has 25 heavy (non-hydrogen) atoms. The number of nitrogens with zero attached hydrogens (tertiary/aromatic N) is 2. The summed E-state index contributed by atoms with van der Waals surface area (Å²) in [5, 5.41) is 13.0. The molecular formula is C19H16ClN3O2. The maximum absolute atomic E-state index is 9.25. The highest BCUT2D eigenvalue weighted by Gasteiger charge is 2.14. The second-order valence-electron chi connectivity index (χ2n) is 5.34. The molecule has 6 heteroatoms. The minimum absolute atomic E-state index is 0.227. The monoisotopic (exact) mass is 353 g/mol. The van der Waals surface area contributed by atoms with Crippen molar-refractivity contribution >= 4 is 17.5 Å². The molecule has 0 aliphatic carbocycles. The first-order valence-corrected chi connectivity index (χ1v) is 8.11. The number of oxazole rings is 1. The highest BCUT2D eigenvalue weighted by Crippen LogP contribution is 2.27. The Hall–Kier alpha value is -2.97. The lowest BCUT2D eigenvalue weighted by molar-refractivity contribution is 0.414. The molecule has 0 amide bonds. The Balaban J connectivity index is 1.68. The molecule has 1 aromatic heterocycles. The number of halogens is 1. The molecule has 0 bridgehead atoms. The zero-order valence-electron chi connectivity index (χ0n) is 13.6. The molecule has 0 saturated heterocycles. The van der Waals surface area contributed by atoms with Crippen molar-refractivity contribution in [1.82, 2.24) is 4.98 Å². The van der Waals surface area contributed by atoms with Gasteiger partial charge >= 0.3 is 0 Å². The number of nitriles is 1. The molecule has 5 nitrogen and oxygen atoms in total. The van der Waals surface area contributed by atoms with Gasteiger partial charge in [0.15, 0.2) is 0 Å². The van der Waals surface area contributed by atoms with E-state index < -0.39 is 0 Å². The number of benzene rings is 2. The molecule has 1 N–H and O–H groups in total. The summed E-state index contributed by atoms with van der Waals surface area (Å²) in [7, 11) is 1.64. The molecule has 3 rings (SSSR count). The van der Waals surface area contributed by atoms with E-state index in [1.165, 1.54) is 0 Å². The van der Waals surface area contributed by atoms with Crippen LogP contribution in [0, 0.1) is 11.3 Å². The molecule has 0 aliphatic rings. The fourth-order valence-corrected chi connectivity index (χ4v) is 2.56. The third kappa shape index (κ3) is 4.11. The Morgan fingerprint density at radius 3 is 2.72 bits per heavy atom. The van der Waals surface area contributed by atoms with Gasteiger partial charge in [-0.3, -0.25) is 0 Å². The van der Waals surface area contributed by atoms with Gasteiger partial charge in [0.05, 0.1) is 7.11 Å². The average Bonchev–Trinajstić information content (AvgIpc) is 3.05. The number of hydrogen-bond donors (Lipinski definition) is 1. The molecule has 1 heterocycles. The second kappa shape index (κ2) is 7.73. The van der Waals surface area contributed by atoms with Crippen LogP contribution in [0.2, 0.25) is 5.02 Å². The Bertz CT molecular complexity index is 898.